The summed E-state index contributed by atoms with van der Waals surface area (Å²) in [7, 11) is 0. The maximum absolute atomic E-state index is 11.6. The number of carbonyl (C=O) groups is 2. The molecule has 310 valence electrons. The van der Waals surface area contributed by atoms with Crippen LogP contribution in [-0.4, -0.2) is 82.0 Å². The SMILES string of the molecule is CCCCC(CC)Cc1ccc(NC(=N)NC(=N)N(CCCCCCN(CC(=O)O)C(=N)NC(=N)Nc2ccc(CC(CC)CCCC)cc2)CC(=O)O)cc1. The summed E-state index contributed by atoms with van der Waals surface area (Å²) in [5.74, 6) is -1.56. The molecule has 2 atom stereocenters. The third-order valence-corrected chi connectivity index (χ3v) is 9.96. The highest BCUT2D eigenvalue weighted by Crippen LogP contribution is 2.21. The average Bonchev–Trinajstić information content (AvgIpc) is 3.16. The number of hydrogen-bond acceptors (Lipinski definition) is 6. The largest absolute Gasteiger partial charge is 0.480 e. The van der Waals surface area contributed by atoms with Crippen molar-refractivity contribution < 1.29 is 19.8 Å². The number of guanidine groups is 4. The molecule has 2 unspecified atom stereocenters. The number of benzene rings is 2. The minimum absolute atomic E-state index is 0.137. The first kappa shape index (κ1) is 47.0. The smallest absolute Gasteiger partial charge is 0.323 e. The molecule has 2 rings (SSSR count). The van der Waals surface area contributed by atoms with Crippen LogP contribution in [0.5, 0.6) is 0 Å². The molecule has 0 fully saturated rings. The molecule has 0 heterocycles. The number of aliphatic carboxylic acids is 2. The molecule has 0 saturated carbocycles. The van der Waals surface area contributed by atoms with Crippen molar-refractivity contribution in [1.29, 1.82) is 21.6 Å². The van der Waals surface area contributed by atoms with Gasteiger partial charge < -0.3 is 30.6 Å². The van der Waals surface area contributed by atoms with Gasteiger partial charge in [0, 0.05) is 24.5 Å². The van der Waals surface area contributed by atoms with Crippen LogP contribution in [0.25, 0.3) is 0 Å². The summed E-state index contributed by atoms with van der Waals surface area (Å²) in [5, 5.41) is 63.7. The van der Waals surface area contributed by atoms with E-state index >= 15 is 0 Å². The summed E-state index contributed by atoms with van der Waals surface area (Å²) in [5.41, 5.74) is 3.88. The van der Waals surface area contributed by atoms with Gasteiger partial charge in [-0.05, 0) is 72.9 Å². The molecule has 14 heteroatoms. The van der Waals surface area contributed by atoms with Crippen molar-refractivity contribution in [3.63, 3.8) is 0 Å². The second-order valence-electron chi connectivity index (χ2n) is 14.6. The van der Waals surface area contributed by atoms with Gasteiger partial charge in [0.2, 0.25) is 0 Å². The third kappa shape index (κ3) is 19.4. The lowest BCUT2D eigenvalue weighted by Gasteiger charge is -2.25. The maximum atomic E-state index is 11.6. The number of rotatable bonds is 25. The standard InChI is InChI=1S/C42H68N10O4/c1-5-9-15-31(7-3)27-33-17-21-35(22-18-33)47-39(43)49-41(45)51(29-37(53)54)25-13-11-12-14-26-52(30-38(55)56)42(46)50-40(44)48-36-23-19-34(20-24-36)28-32(8-4)16-10-6-2/h17-24,31-32H,5-16,25-30H2,1-4H3,(H,53,54)(H,55,56)(H4,43,45,47,49)(H4,44,46,48,50). The van der Waals surface area contributed by atoms with E-state index in [1.165, 1.54) is 59.5 Å². The van der Waals surface area contributed by atoms with Crippen LogP contribution < -0.4 is 21.3 Å². The van der Waals surface area contributed by atoms with E-state index in [4.69, 9.17) is 21.6 Å². The lowest BCUT2D eigenvalue weighted by atomic mass is 9.92. The minimum atomic E-state index is -1.09. The Kier molecular flexibility index (Phi) is 22.4. The van der Waals surface area contributed by atoms with Crippen molar-refractivity contribution in [2.45, 2.75) is 118 Å². The number of anilines is 2. The van der Waals surface area contributed by atoms with Gasteiger partial charge in [0.1, 0.15) is 13.1 Å². The first-order valence-corrected chi connectivity index (χ1v) is 20.4. The highest BCUT2D eigenvalue weighted by atomic mass is 16.4. The topological polar surface area (TPSA) is 225 Å². The number of carboxylic acids is 2. The Balaban J connectivity index is 1.80. The van der Waals surface area contributed by atoms with E-state index in [1.807, 2.05) is 48.5 Å². The molecule has 2 aromatic rings. The lowest BCUT2D eigenvalue weighted by Crippen LogP contribution is -2.47. The minimum Gasteiger partial charge on any atom is -0.480 e. The van der Waals surface area contributed by atoms with Gasteiger partial charge in [-0.15, -0.1) is 0 Å². The van der Waals surface area contributed by atoms with Crippen LogP contribution in [0.15, 0.2) is 48.5 Å². The molecule has 2 aromatic carbocycles. The van der Waals surface area contributed by atoms with Crippen LogP contribution in [0.2, 0.25) is 0 Å². The normalized spacial score (nSPS) is 11.9. The van der Waals surface area contributed by atoms with E-state index in [1.54, 1.807) is 0 Å². The Morgan fingerprint density at radius 3 is 1.23 bits per heavy atom. The number of unbranched alkanes of at least 4 members (excludes halogenated alkanes) is 5. The van der Waals surface area contributed by atoms with Gasteiger partial charge in [0.15, 0.2) is 23.8 Å². The van der Waals surface area contributed by atoms with Gasteiger partial charge in [0.05, 0.1) is 0 Å². The molecule has 0 saturated heterocycles. The summed E-state index contributed by atoms with van der Waals surface area (Å²) in [4.78, 5) is 25.9. The number of nitrogens with one attached hydrogen (secondary N) is 8. The van der Waals surface area contributed by atoms with Gasteiger partial charge in [-0.2, -0.15) is 0 Å². The molecule has 0 spiro atoms. The van der Waals surface area contributed by atoms with E-state index in [2.05, 4.69) is 49.0 Å². The number of nitrogens with zero attached hydrogens (tertiary/aromatic N) is 2. The molecule has 14 nitrogen and oxygen atoms in total. The molecular weight excluding hydrogens is 709 g/mol. The first-order chi connectivity index (χ1) is 26.9. The van der Waals surface area contributed by atoms with Crippen LogP contribution in [0, 0.1) is 33.5 Å². The summed E-state index contributed by atoms with van der Waals surface area (Å²) >= 11 is 0. The highest BCUT2D eigenvalue weighted by Gasteiger charge is 2.17. The summed E-state index contributed by atoms with van der Waals surface area (Å²) in [6.45, 7) is 8.61. The second-order valence-corrected chi connectivity index (χ2v) is 14.6. The quantitative estimate of drug-likeness (QED) is 0.0266. The zero-order valence-corrected chi connectivity index (χ0v) is 34.1. The molecule has 0 aliphatic heterocycles. The van der Waals surface area contributed by atoms with Crippen molar-refractivity contribution in [2.75, 3.05) is 36.8 Å². The van der Waals surface area contributed by atoms with Gasteiger partial charge in [-0.3, -0.25) is 41.9 Å². The maximum Gasteiger partial charge on any atom is 0.323 e. The van der Waals surface area contributed by atoms with E-state index < -0.39 is 25.0 Å². The zero-order valence-electron chi connectivity index (χ0n) is 34.1. The molecule has 0 radical (unpaired) electrons. The van der Waals surface area contributed by atoms with Crippen molar-refractivity contribution in [3.05, 3.63) is 59.7 Å². The second kappa shape index (κ2) is 26.6. The van der Waals surface area contributed by atoms with Crippen LogP contribution >= 0.6 is 0 Å². The molecule has 0 aliphatic carbocycles. The Bertz CT molecular complexity index is 1400. The Labute approximate surface area is 334 Å². The van der Waals surface area contributed by atoms with E-state index in [-0.39, 0.29) is 36.9 Å². The van der Waals surface area contributed by atoms with Gasteiger partial charge in [0.25, 0.3) is 0 Å². The third-order valence-electron chi connectivity index (χ3n) is 9.96. The van der Waals surface area contributed by atoms with Crippen LogP contribution in [0.3, 0.4) is 0 Å². The predicted molar refractivity (Wildman–Crippen MR) is 228 cm³/mol. The predicted octanol–water partition coefficient (Wildman–Crippen LogP) is 7.98. The fraction of sp³-hybridized carbons (Fsp3) is 0.571. The summed E-state index contributed by atoms with van der Waals surface area (Å²) in [6.07, 6.45) is 14.1. The molecule has 56 heavy (non-hydrogen) atoms. The highest BCUT2D eigenvalue weighted by molar-refractivity contribution is 6.03. The molecular formula is C42H68N10O4. The van der Waals surface area contributed by atoms with Crippen molar-refractivity contribution in [2.24, 2.45) is 11.8 Å². The van der Waals surface area contributed by atoms with Gasteiger partial charge in [-0.25, -0.2) is 0 Å². The lowest BCUT2D eigenvalue weighted by molar-refractivity contribution is -0.138. The van der Waals surface area contributed by atoms with Crippen LogP contribution in [0.1, 0.15) is 116 Å². The Hall–Kier alpha value is -5.14. The van der Waals surface area contributed by atoms with Crippen molar-refractivity contribution >= 4 is 47.2 Å². The summed E-state index contributed by atoms with van der Waals surface area (Å²) < 4.78 is 0. The van der Waals surface area contributed by atoms with Gasteiger partial charge >= 0.3 is 11.9 Å². The van der Waals surface area contributed by atoms with E-state index in [9.17, 15) is 19.8 Å². The number of hydrogen-bond donors (Lipinski definition) is 10. The van der Waals surface area contributed by atoms with Crippen molar-refractivity contribution in [3.8, 4) is 0 Å². The molecule has 10 N–H and O–H groups in total. The zero-order chi connectivity index (χ0) is 41.3. The number of carboxylic acid groups (broad SMARTS) is 2. The van der Waals surface area contributed by atoms with E-state index in [0.29, 0.717) is 48.9 Å². The molecule has 0 bridgehead atoms. The Morgan fingerprint density at radius 2 is 0.929 bits per heavy atom. The molecule has 0 aromatic heterocycles. The van der Waals surface area contributed by atoms with E-state index in [0.717, 1.165) is 25.7 Å². The van der Waals surface area contributed by atoms with Crippen molar-refractivity contribution in [1.82, 2.24) is 20.4 Å². The average molecular weight is 777 g/mol. The monoisotopic (exact) mass is 777 g/mol. The first-order valence-electron chi connectivity index (χ1n) is 20.4. The molecule has 0 amide bonds. The summed E-state index contributed by atoms with van der Waals surface area (Å²) in [6, 6.07) is 15.8. The van der Waals surface area contributed by atoms with Crippen LogP contribution in [-0.2, 0) is 22.4 Å². The fourth-order valence-corrected chi connectivity index (χ4v) is 6.57. The molecule has 0 aliphatic rings. The Morgan fingerprint density at radius 1 is 0.571 bits per heavy atom. The van der Waals surface area contributed by atoms with Gasteiger partial charge in [-0.1, -0.05) is 116 Å². The van der Waals surface area contributed by atoms with Crippen LogP contribution in [0.4, 0.5) is 11.4 Å². The fourth-order valence-electron chi connectivity index (χ4n) is 6.57.